The number of para-hydroxylation sites is 1. The third-order valence-electron chi connectivity index (χ3n) is 7.73. The average molecular weight is 484 g/mol. The van der Waals surface area contributed by atoms with E-state index in [-0.39, 0.29) is 10.6 Å². The van der Waals surface area contributed by atoms with E-state index in [9.17, 15) is 18.6 Å². The largest absolute Gasteiger partial charge is 0.508 e. The molecule has 8 heteroatoms. The normalized spacial score (nSPS) is 27.7. The molecule has 0 amide bonds. The lowest BCUT2D eigenvalue weighted by Gasteiger charge is -2.28. The van der Waals surface area contributed by atoms with Gasteiger partial charge < -0.3 is 15.5 Å². The number of fused-ring (bicyclic) bond motifs is 3. The molecule has 2 aromatic rings. The van der Waals surface area contributed by atoms with Crippen molar-refractivity contribution in [1.29, 1.82) is 0 Å². The van der Waals surface area contributed by atoms with Crippen molar-refractivity contribution in [2.24, 2.45) is 16.8 Å². The van der Waals surface area contributed by atoms with E-state index in [0.717, 1.165) is 57.3 Å². The Balaban J connectivity index is 1.10. The summed E-state index contributed by atoms with van der Waals surface area (Å²) in [5.41, 5.74) is 2.61. The Labute approximate surface area is 201 Å². The number of amidine groups is 1. The van der Waals surface area contributed by atoms with E-state index < -0.39 is 10.0 Å². The number of hydrogen-bond acceptors (Lipinski definition) is 5. The highest BCUT2D eigenvalue weighted by Gasteiger charge is 2.36. The van der Waals surface area contributed by atoms with E-state index in [1.165, 1.54) is 23.3 Å². The van der Waals surface area contributed by atoms with Crippen LogP contribution < -0.4 is 10.0 Å². The van der Waals surface area contributed by atoms with Gasteiger partial charge in [0.2, 0.25) is 10.0 Å². The Hall–Kier alpha value is -2.58. The highest BCUT2D eigenvalue weighted by atomic mass is 32.2. The smallest absolute Gasteiger partial charge is 0.244 e. The lowest BCUT2D eigenvalue weighted by atomic mass is 9.80. The fourth-order valence-electron chi connectivity index (χ4n) is 5.76. The summed E-state index contributed by atoms with van der Waals surface area (Å²) in [6.07, 6.45) is 7.06. The van der Waals surface area contributed by atoms with Crippen LogP contribution in [0.15, 0.2) is 52.4 Å². The highest BCUT2D eigenvalue weighted by molar-refractivity contribution is 7.89. The summed E-state index contributed by atoms with van der Waals surface area (Å²) in [5.74, 6) is 2.51. The van der Waals surface area contributed by atoms with Crippen LogP contribution in [0.1, 0.15) is 55.6 Å². The first-order valence-electron chi connectivity index (χ1n) is 12.3. The average Bonchev–Trinajstić information content (AvgIpc) is 3.26. The number of benzene rings is 2. The van der Waals surface area contributed by atoms with Crippen molar-refractivity contribution in [3.8, 4) is 11.5 Å². The molecule has 0 spiro atoms. The van der Waals surface area contributed by atoms with Gasteiger partial charge in [-0.2, -0.15) is 0 Å². The van der Waals surface area contributed by atoms with Crippen molar-refractivity contribution < 1.29 is 18.6 Å². The maximum absolute atomic E-state index is 12.5. The molecule has 1 saturated heterocycles. The first-order chi connectivity index (χ1) is 16.4. The highest BCUT2D eigenvalue weighted by Crippen LogP contribution is 2.39. The van der Waals surface area contributed by atoms with Crippen LogP contribution in [0.2, 0.25) is 0 Å². The van der Waals surface area contributed by atoms with Gasteiger partial charge in [-0.15, -0.1) is 0 Å². The fraction of sp³-hybridized carbons (Fsp3) is 0.500. The number of aromatic hydroxyl groups is 2. The Bertz CT molecular complexity index is 1170. The summed E-state index contributed by atoms with van der Waals surface area (Å²) in [6, 6.07) is 12.2. The van der Waals surface area contributed by atoms with Gasteiger partial charge in [-0.05, 0) is 85.8 Å². The van der Waals surface area contributed by atoms with Gasteiger partial charge in [0.1, 0.15) is 16.4 Å². The summed E-state index contributed by atoms with van der Waals surface area (Å²) in [5, 5.41) is 23.3. The number of phenols is 2. The molecule has 7 nitrogen and oxygen atoms in total. The van der Waals surface area contributed by atoms with Crippen molar-refractivity contribution in [1.82, 2.24) is 10.0 Å². The van der Waals surface area contributed by atoms with E-state index in [0.29, 0.717) is 36.1 Å². The molecule has 1 saturated carbocycles. The molecule has 182 valence electrons. The second-order valence-corrected chi connectivity index (χ2v) is 11.7. The van der Waals surface area contributed by atoms with Crippen molar-refractivity contribution in [2.75, 3.05) is 13.1 Å². The number of phenolic OH excluding ortho intramolecular Hbond substituents is 2. The topological polar surface area (TPSA) is 111 Å². The van der Waals surface area contributed by atoms with Crippen LogP contribution in [0, 0.1) is 11.8 Å². The van der Waals surface area contributed by atoms with Gasteiger partial charge in [-0.1, -0.05) is 18.2 Å². The third kappa shape index (κ3) is 4.93. The molecule has 3 aliphatic rings. The van der Waals surface area contributed by atoms with Crippen LogP contribution in [0.3, 0.4) is 0 Å². The van der Waals surface area contributed by atoms with Gasteiger partial charge in [0.05, 0.1) is 5.84 Å². The molecule has 0 aromatic heterocycles. The number of sulfonamides is 1. The molecule has 34 heavy (non-hydrogen) atoms. The van der Waals surface area contributed by atoms with Gasteiger partial charge >= 0.3 is 0 Å². The summed E-state index contributed by atoms with van der Waals surface area (Å²) in [6.45, 7) is 1.22. The molecule has 2 aromatic carbocycles. The zero-order valence-electron chi connectivity index (χ0n) is 19.3. The van der Waals surface area contributed by atoms with Crippen molar-refractivity contribution in [2.45, 2.75) is 61.8 Å². The number of nitrogens with zero attached hydrogens (tertiary/aromatic N) is 1. The number of nitrogens with one attached hydrogen (secondary N) is 2. The lowest BCUT2D eigenvalue weighted by molar-refractivity contribution is 0.280. The Morgan fingerprint density at radius 1 is 1.00 bits per heavy atom. The van der Waals surface area contributed by atoms with Crippen LogP contribution in [0.5, 0.6) is 11.5 Å². The molecule has 1 heterocycles. The summed E-state index contributed by atoms with van der Waals surface area (Å²) < 4.78 is 27.7. The maximum atomic E-state index is 12.5. The van der Waals surface area contributed by atoms with E-state index in [1.54, 1.807) is 18.2 Å². The second kappa shape index (κ2) is 9.58. The van der Waals surface area contributed by atoms with Crippen molar-refractivity contribution >= 4 is 15.9 Å². The molecule has 0 bridgehead atoms. The fourth-order valence-corrected chi connectivity index (χ4v) is 6.97. The summed E-state index contributed by atoms with van der Waals surface area (Å²) in [4.78, 5) is 4.87. The van der Waals surface area contributed by atoms with Gasteiger partial charge in [0.15, 0.2) is 0 Å². The van der Waals surface area contributed by atoms with Crippen molar-refractivity contribution in [3.63, 3.8) is 0 Å². The first-order valence-corrected chi connectivity index (χ1v) is 13.8. The van der Waals surface area contributed by atoms with Crippen LogP contribution in [0.25, 0.3) is 0 Å². The molecule has 2 atom stereocenters. The van der Waals surface area contributed by atoms with Gasteiger partial charge in [0, 0.05) is 31.5 Å². The predicted octanol–water partition coefficient (Wildman–Crippen LogP) is 3.67. The Morgan fingerprint density at radius 3 is 2.56 bits per heavy atom. The predicted molar refractivity (Wildman–Crippen MR) is 132 cm³/mol. The first kappa shape index (κ1) is 23.2. The molecule has 2 unspecified atom stereocenters. The quantitative estimate of drug-likeness (QED) is 0.501. The van der Waals surface area contributed by atoms with Crippen LogP contribution in [-0.4, -0.2) is 43.6 Å². The maximum Gasteiger partial charge on any atom is 0.244 e. The van der Waals surface area contributed by atoms with E-state index in [4.69, 9.17) is 4.99 Å². The molecule has 4 N–H and O–H groups in total. The molecule has 0 radical (unpaired) electrons. The van der Waals surface area contributed by atoms with Gasteiger partial charge in [0.25, 0.3) is 0 Å². The molecule has 1 aliphatic heterocycles. The van der Waals surface area contributed by atoms with Crippen LogP contribution in [0.4, 0.5) is 0 Å². The van der Waals surface area contributed by atoms with Crippen molar-refractivity contribution in [3.05, 3.63) is 53.6 Å². The van der Waals surface area contributed by atoms with Gasteiger partial charge in [-0.25, -0.2) is 13.1 Å². The number of aryl methyl sites for hydroxylation is 1. The minimum Gasteiger partial charge on any atom is -0.508 e. The second-order valence-electron chi connectivity index (χ2n) is 9.98. The molecule has 2 aliphatic carbocycles. The van der Waals surface area contributed by atoms with Crippen LogP contribution in [-0.2, 0) is 16.4 Å². The third-order valence-corrected chi connectivity index (χ3v) is 9.20. The minimum absolute atomic E-state index is 0.0661. The zero-order valence-corrected chi connectivity index (χ0v) is 20.1. The Kier molecular flexibility index (Phi) is 6.53. The monoisotopic (exact) mass is 483 g/mol. The number of rotatable bonds is 6. The molecular formula is C26H33N3O4S. The SMILES string of the molecule is O=S(=O)(NCC1CCC(CN=C2CC3c4ccc(O)cc4CCC3N2)CC1)c1ccccc1O. The Morgan fingerprint density at radius 2 is 1.76 bits per heavy atom. The summed E-state index contributed by atoms with van der Waals surface area (Å²) in [7, 11) is -3.70. The molecule has 2 fully saturated rings. The number of hydrogen-bond donors (Lipinski definition) is 4. The zero-order chi connectivity index (χ0) is 23.7. The van der Waals surface area contributed by atoms with Gasteiger partial charge in [-0.3, -0.25) is 4.99 Å². The standard InChI is InChI=1S/C26H33N3O4S/c30-20-10-11-21-19(13-20)9-12-23-22(21)14-26(29-23)27-15-17-5-7-18(8-6-17)16-28-34(32,33)25-4-2-1-3-24(25)31/h1-4,10-11,13,17-18,22-23,28,30-31H,5-9,12,14-16H2,(H,27,29). The van der Waals surface area contributed by atoms with E-state index >= 15 is 0 Å². The van der Waals surface area contributed by atoms with E-state index in [2.05, 4.69) is 16.1 Å². The summed E-state index contributed by atoms with van der Waals surface area (Å²) >= 11 is 0. The minimum atomic E-state index is -3.70. The van der Waals surface area contributed by atoms with Crippen LogP contribution >= 0.6 is 0 Å². The molecule has 5 rings (SSSR count). The van der Waals surface area contributed by atoms with E-state index in [1.807, 2.05) is 6.07 Å². The lowest BCUT2D eigenvalue weighted by Crippen LogP contribution is -2.32. The molecular weight excluding hydrogens is 450 g/mol. The number of aliphatic imine (C=N–C) groups is 1.